The second-order valence-corrected chi connectivity index (χ2v) is 3.59. The van der Waals surface area contributed by atoms with Gasteiger partial charge in [0.1, 0.15) is 0 Å². The molecule has 0 saturated heterocycles. The fourth-order valence-electron chi connectivity index (χ4n) is 1.51. The lowest BCUT2D eigenvalue weighted by atomic mass is 10.1. The van der Waals surface area contributed by atoms with Crippen molar-refractivity contribution in [3.05, 3.63) is 23.8 Å². The summed E-state index contributed by atoms with van der Waals surface area (Å²) in [7, 11) is 0. The lowest BCUT2D eigenvalue weighted by Gasteiger charge is -2.07. The number of phenolic OH excluding ortho intramolecular Hbond substituents is 1. The van der Waals surface area contributed by atoms with Crippen LogP contribution >= 0.6 is 0 Å². The zero-order valence-electron chi connectivity index (χ0n) is 9.27. The largest absolute Gasteiger partial charge is 0.511 e. The summed E-state index contributed by atoms with van der Waals surface area (Å²) >= 11 is 0. The molecule has 0 unspecified atom stereocenters. The van der Waals surface area contributed by atoms with E-state index in [1.807, 2.05) is 0 Å². The topological polar surface area (TPSA) is 66.8 Å². The van der Waals surface area contributed by atoms with Crippen LogP contribution in [0.3, 0.4) is 0 Å². The van der Waals surface area contributed by atoms with Crippen molar-refractivity contribution in [3.8, 4) is 11.5 Å². The van der Waals surface area contributed by atoms with Crippen LogP contribution < -0.4 is 4.74 Å². The lowest BCUT2D eigenvalue weighted by molar-refractivity contribution is 0.143. The second kappa shape index (κ2) is 6.00. The Bertz CT molecular complexity index is 360. The Morgan fingerprint density at radius 2 is 2.12 bits per heavy atom. The summed E-state index contributed by atoms with van der Waals surface area (Å²) in [6, 6.07) is 4.89. The smallest absolute Gasteiger partial charge is 0.504 e. The van der Waals surface area contributed by atoms with E-state index in [0.29, 0.717) is 0 Å². The molecule has 88 valence electrons. The highest BCUT2D eigenvalue weighted by Gasteiger charge is 2.10. The van der Waals surface area contributed by atoms with Crippen molar-refractivity contribution in [1.82, 2.24) is 0 Å². The minimum atomic E-state index is -1.42. The van der Waals surface area contributed by atoms with E-state index in [2.05, 4.69) is 11.7 Å². The highest BCUT2D eigenvalue weighted by atomic mass is 16.7. The Hall–Kier alpha value is -1.71. The van der Waals surface area contributed by atoms with Gasteiger partial charge in [-0.15, -0.1) is 0 Å². The molecule has 4 heteroatoms. The minimum Gasteiger partial charge on any atom is -0.504 e. The van der Waals surface area contributed by atoms with Gasteiger partial charge in [-0.1, -0.05) is 31.9 Å². The van der Waals surface area contributed by atoms with Gasteiger partial charge in [0, 0.05) is 0 Å². The molecular weight excluding hydrogens is 208 g/mol. The molecule has 1 aromatic rings. The number of para-hydroxylation sites is 1. The molecule has 2 N–H and O–H groups in total. The Kier molecular flexibility index (Phi) is 4.64. The maximum atomic E-state index is 10.4. The second-order valence-electron chi connectivity index (χ2n) is 3.59. The van der Waals surface area contributed by atoms with Gasteiger partial charge in [0.05, 0.1) is 0 Å². The van der Waals surface area contributed by atoms with Crippen LogP contribution in [-0.2, 0) is 6.42 Å². The van der Waals surface area contributed by atoms with Gasteiger partial charge in [0.2, 0.25) is 0 Å². The number of hydrogen-bond acceptors (Lipinski definition) is 3. The summed E-state index contributed by atoms with van der Waals surface area (Å²) in [5.74, 6) is -0.0671. The Labute approximate surface area is 94.5 Å². The number of carboxylic acid groups (broad SMARTS) is 1. The number of ether oxygens (including phenoxy) is 1. The molecule has 0 saturated carbocycles. The summed E-state index contributed by atoms with van der Waals surface area (Å²) in [5, 5.41) is 18.2. The molecule has 0 aromatic heterocycles. The van der Waals surface area contributed by atoms with Crippen LogP contribution in [0.25, 0.3) is 0 Å². The molecule has 0 heterocycles. The molecule has 1 aromatic carbocycles. The van der Waals surface area contributed by atoms with Crippen LogP contribution in [-0.4, -0.2) is 16.4 Å². The fraction of sp³-hybridized carbons (Fsp3) is 0.417. The summed E-state index contributed by atoms with van der Waals surface area (Å²) in [6.45, 7) is 2.10. The van der Waals surface area contributed by atoms with Crippen LogP contribution in [0.1, 0.15) is 31.7 Å². The van der Waals surface area contributed by atoms with Crippen molar-refractivity contribution in [2.24, 2.45) is 0 Å². The van der Waals surface area contributed by atoms with Crippen molar-refractivity contribution in [2.75, 3.05) is 0 Å². The minimum absolute atomic E-state index is 0.00139. The first-order valence-electron chi connectivity index (χ1n) is 5.36. The molecule has 0 aliphatic carbocycles. The summed E-state index contributed by atoms with van der Waals surface area (Å²) in [6.07, 6.45) is 2.48. The van der Waals surface area contributed by atoms with Crippen LogP contribution in [0.5, 0.6) is 11.5 Å². The number of rotatable bonds is 5. The third-order valence-corrected chi connectivity index (χ3v) is 2.33. The average molecular weight is 224 g/mol. The third kappa shape index (κ3) is 3.46. The maximum Gasteiger partial charge on any atom is 0.511 e. The number of aromatic hydroxyl groups is 1. The summed E-state index contributed by atoms with van der Waals surface area (Å²) in [4.78, 5) is 10.4. The van der Waals surface area contributed by atoms with E-state index < -0.39 is 6.16 Å². The van der Waals surface area contributed by atoms with Crippen LogP contribution in [0.4, 0.5) is 4.79 Å². The quantitative estimate of drug-likeness (QED) is 0.458. The van der Waals surface area contributed by atoms with Gasteiger partial charge in [-0.05, 0) is 24.5 Å². The van der Waals surface area contributed by atoms with E-state index in [1.54, 1.807) is 12.1 Å². The van der Waals surface area contributed by atoms with Gasteiger partial charge in [0.25, 0.3) is 0 Å². The van der Waals surface area contributed by atoms with Gasteiger partial charge >= 0.3 is 6.16 Å². The van der Waals surface area contributed by atoms with E-state index >= 15 is 0 Å². The SMILES string of the molecule is CCCCCc1cccc(OC(=O)O)c1O. The van der Waals surface area contributed by atoms with Gasteiger partial charge in [0.15, 0.2) is 11.5 Å². The molecule has 0 bridgehead atoms. The number of phenols is 1. The van der Waals surface area contributed by atoms with E-state index in [0.717, 1.165) is 31.2 Å². The van der Waals surface area contributed by atoms with Crippen LogP contribution in [0.15, 0.2) is 18.2 Å². The molecular formula is C12H16O4. The lowest BCUT2D eigenvalue weighted by Crippen LogP contribution is -2.03. The van der Waals surface area contributed by atoms with Crippen molar-refractivity contribution in [3.63, 3.8) is 0 Å². The van der Waals surface area contributed by atoms with E-state index in [9.17, 15) is 9.90 Å². The Morgan fingerprint density at radius 3 is 2.75 bits per heavy atom. The molecule has 0 fully saturated rings. The van der Waals surface area contributed by atoms with Crippen molar-refractivity contribution < 1.29 is 19.7 Å². The molecule has 0 atom stereocenters. The summed E-state index contributed by atoms with van der Waals surface area (Å²) in [5.41, 5.74) is 0.729. The molecule has 0 amide bonds. The molecule has 1 rings (SSSR count). The van der Waals surface area contributed by atoms with Gasteiger partial charge in [-0.25, -0.2) is 4.79 Å². The first kappa shape index (κ1) is 12.4. The predicted octanol–water partition coefficient (Wildman–Crippen LogP) is 3.18. The number of carbonyl (C=O) groups is 1. The van der Waals surface area contributed by atoms with Crippen molar-refractivity contribution in [1.29, 1.82) is 0 Å². The Morgan fingerprint density at radius 1 is 1.38 bits per heavy atom. The van der Waals surface area contributed by atoms with Crippen LogP contribution in [0, 0.1) is 0 Å². The molecule has 0 aliphatic heterocycles. The average Bonchev–Trinajstić information content (AvgIpc) is 2.23. The first-order chi connectivity index (χ1) is 7.65. The monoisotopic (exact) mass is 224 g/mol. The maximum absolute atomic E-state index is 10.4. The standard InChI is InChI=1S/C12H16O4/c1-2-3-4-6-9-7-5-8-10(11(9)13)16-12(14)15/h5,7-8,13H,2-4,6H2,1H3,(H,14,15). The Balaban J connectivity index is 2.74. The molecule has 0 aliphatic rings. The predicted molar refractivity (Wildman–Crippen MR) is 60.0 cm³/mol. The van der Waals surface area contributed by atoms with Gasteiger partial charge in [-0.2, -0.15) is 0 Å². The zero-order valence-corrected chi connectivity index (χ0v) is 9.27. The number of unbranched alkanes of at least 4 members (excludes halogenated alkanes) is 2. The molecule has 0 spiro atoms. The highest BCUT2D eigenvalue weighted by Crippen LogP contribution is 2.30. The van der Waals surface area contributed by atoms with Gasteiger partial charge < -0.3 is 14.9 Å². The van der Waals surface area contributed by atoms with Gasteiger partial charge in [-0.3, -0.25) is 0 Å². The first-order valence-corrected chi connectivity index (χ1v) is 5.36. The fourth-order valence-corrected chi connectivity index (χ4v) is 1.51. The van der Waals surface area contributed by atoms with Crippen LogP contribution in [0.2, 0.25) is 0 Å². The number of hydrogen-bond donors (Lipinski definition) is 2. The van der Waals surface area contributed by atoms with Crippen molar-refractivity contribution in [2.45, 2.75) is 32.6 Å². The van der Waals surface area contributed by atoms with Crippen molar-refractivity contribution >= 4 is 6.16 Å². The highest BCUT2D eigenvalue weighted by molar-refractivity contribution is 5.63. The van der Waals surface area contributed by atoms with E-state index in [-0.39, 0.29) is 11.5 Å². The molecule has 0 radical (unpaired) electrons. The molecule has 4 nitrogen and oxygen atoms in total. The number of aryl methyl sites for hydroxylation is 1. The molecule has 16 heavy (non-hydrogen) atoms. The zero-order chi connectivity index (χ0) is 12.0. The third-order valence-electron chi connectivity index (χ3n) is 2.33. The summed E-state index contributed by atoms with van der Waals surface area (Å²) < 4.78 is 4.46. The van der Waals surface area contributed by atoms with E-state index in [1.165, 1.54) is 6.07 Å². The van der Waals surface area contributed by atoms with E-state index in [4.69, 9.17) is 5.11 Å². The normalized spacial score (nSPS) is 10.1. The number of benzene rings is 1.